The molecule has 0 radical (unpaired) electrons. The average molecular weight is 511 g/mol. The first-order valence-corrected chi connectivity index (χ1v) is 13.4. The molecule has 1 aliphatic heterocycles. The Labute approximate surface area is 215 Å². The molecule has 3 unspecified atom stereocenters. The van der Waals surface area contributed by atoms with Gasteiger partial charge < -0.3 is 15.4 Å². The Kier molecular flexibility index (Phi) is 10.5. The third-order valence-corrected chi connectivity index (χ3v) is 7.56. The van der Waals surface area contributed by atoms with Gasteiger partial charge in [-0.25, -0.2) is 13.3 Å². The summed E-state index contributed by atoms with van der Waals surface area (Å²) in [5, 5.41) is 15.1. The standard InChI is InChI=1S/C27H34N4O4S/c1-20(2)17-24(30-27(33)35-19-21-9-4-3-5-10-21)26(32)29-23-12-8-15-31(16-14-23)36(34)25-13-7-6-11-22(25)18-28/h3-7,9-11,13,20,23-24H,8,12,14-17,19H2,1-2H3,(H,29,32)(H,30,33). The Hall–Kier alpha value is -3.22. The highest BCUT2D eigenvalue weighted by molar-refractivity contribution is 7.82. The number of alkyl carbamates (subject to hydrolysis) is 1. The van der Waals surface area contributed by atoms with Gasteiger partial charge in [0.1, 0.15) is 29.7 Å². The summed E-state index contributed by atoms with van der Waals surface area (Å²) in [7, 11) is -1.44. The molecule has 8 nitrogen and oxygen atoms in total. The lowest BCUT2D eigenvalue weighted by atomic mass is 10.0. The lowest BCUT2D eigenvalue weighted by Gasteiger charge is -2.24. The molecule has 2 aromatic rings. The van der Waals surface area contributed by atoms with Crippen LogP contribution < -0.4 is 10.6 Å². The van der Waals surface area contributed by atoms with Crippen molar-refractivity contribution < 1.29 is 18.5 Å². The Morgan fingerprint density at radius 3 is 2.56 bits per heavy atom. The van der Waals surface area contributed by atoms with E-state index in [1.54, 1.807) is 24.3 Å². The molecular formula is C27H34N4O4S. The van der Waals surface area contributed by atoms with Gasteiger partial charge in [-0.15, -0.1) is 0 Å². The van der Waals surface area contributed by atoms with Gasteiger partial charge >= 0.3 is 6.09 Å². The Bertz CT molecular complexity index is 1090. The van der Waals surface area contributed by atoms with Crippen molar-refractivity contribution >= 4 is 23.0 Å². The Balaban J connectivity index is 1.55. The van der Waals surface area contributed by atoms with Crippen molar-refractivity contribution in [1.29, 1.82) is 5.26 Å². The van der Waals surface area contributed by atoms with Gasteiger partial charge in [0.2, 0.25) is 5.91 Å². The number of nitrogens with zero attached hydrogens (tertiary/aromatic N) is 2. The molecule has 2 aromatic carbocycles. The normalized spacial score (nSPS) is 17.9. The molecule has 2 amide bonds. The van der Waals surface area contributed by atoms with Crippen LogP contribution in [0.2, 0.25) is 0 Å². The minimum atomic E-state index is -1.44. The second-order valence-electron chi connectivity index (χ2n) is 9.31. The van der Waals surface area contributed by atoms with E-state index < -0.39 is 23.1 Å². The van der Waals surface area contributed by atoms with Crippen LogP contribution in [0.1, 0.15) is 50.7 Å². The van der Waals surface area contributed by atoms with Gasteiger partial charge in [0.25, 0.3) is 0 Å². The van der Waals surface area contributed by atoms with Crippen LogP contribution in [0.4, 0.5) is 4.79 Å². The zero-order chi connectivity index (χ0) is 25.9. The van der Waals surface area contributed by atoms with Crippen molar-refractivity contribution in [2.24, 2.45) is 5.92 Å². The van der Waals surface area contributed by atoms with Gasteiger partial charge in [0.05, 0.1) is 10.5 Å². The topological polar surface area (TPSA) is 112 Å². The predicted molar refractivity (Wildman–Crippen MR) is 138 cm³/mol. The third-order valence-electron chi connectivity index (χ3n) is 5.99. The fourth-order valence-corrected chi connectivity index (χ4v) is 5.48. The van der Waals surface area contributed by atoms with Crippen LogP contribution in [0, 0.1) is 17.2 Å². The molecule has 0 saturated carbocycles. The molecule has 2 N–H and O–H groups in total. The number of hydrogen-bond acceptors (Lipinski definition) is 5. The van der Waals surface area contributed by atoms with Crippen molar-refractivity contribution in [3.8, 4) is 6.07 Å². The predicted octanol–water partition coefficient (Wildman–Crippen LogP) is 3.89. The van der Waals surface area contributed by atoms with Crippen molar-refractivity contribution in [2.75, 3.05) is 13.1 Å². The van der Waals surface area contributed by atoms with Crippen molar-refractivity contribution in [1.82, 2.24) is 14.9 Å². The summed E-state index contributed by atoms with van der Waals surface area (Å²) >= 11 is 0. The number of hydrogen-bond donors (Lipinski definition) is 2. The van der Waals surface area contributed by atoms with Crippen LogP contribution in [0.25, 0.3) is 0 Å². The number of ether oxygens (including phenoxy) is 1. The van der Waals surface area contributed by atoms with E-state index in [-0.39, 0.29) is 24.5 Å². The van der Waals surface area contributed by atoms with E-state index in [0.717, 1.165) is 18.4 Å². The van der Waals surface area contributed by atoms with Gasteiger partial charge in [0, 0.05) is 19.1 Å². The molecule has 1 saturated heterocycles. The van der Waals surface area contributed by atoms with Gasteiger partial charge in [0.15, 0.2) is 0 Å². The maximum absolute atomic E-state index is 13.1. The number of carbonyl (C=O) groups excluding carboxylic acids is 2. The van der Waals surface area contributed by atoms with E-state index in [9.17, 15) is 19.1 Å². The van der Waals surface area contributed by atoms with Crippen molar-refractivity contribution in [2.45, 2.75) is 63.1 Å². The first-order chi connectivity index (χ1) is 17.4. The molecular weight excluding hydrogens is 476 g/mol. The minimum absolute atomic E-state index is 0.0949. The molecule has 3 atom stereocenters. The molecule has 0 aliphatic carbocycles. The van der Waals surface area contributed by atoms with Gasteiger partial charge in [-0.1, -0.05) is 56.3 Å². The lowest BCUT2D eigenvalue weighted by molar-refractivity contribution is -0.124. The number of nitrogens with one attached hydrogen (secondary N) is 2. The zero-order valence-electron chi connectivity index (χ0n) is 20.8. The van der Waals surface area contributed by atoms with E-state index in [1.165, 1.54) is 0 Å². The molecule has 0 aromatic heterocycles. The van der Waals surface area contributed by atoms with Crippen LogP contribution in [-0.2, 0) is 27.1 Å². The summed E-state index contributed by atoms with van der Waals surface area (Å²) < 4.78 is 20.3. The van der Waals surface area contributed by atoms with Crippen LogP contribution in [0.3, 0.4) is 0 Å². The highest BCUT2D eigenvalue weighted by Gasteiger charge is 2.28. The fourth-order valence-electron chi connectivity index (χ4n) is 4.14. The smallest absolute Gasteiger partial charge is 0.408 e. The van der Waals surface area contributed by atoms with E-state index in [0.29, 0.717) is 36.4 Å². The molecule has 3 rings (SSSR count). The summed E-state index contributed by atoms with van der Waals surface area (Å²) in [5.74, 6) is -0.0443. The second kappa shape index (κ2) is 13.8. The van der Waals surface area contributed by atoms with Crippen LogP contribution in [-0.4, -0.2) is 45.7 Å². The number of rotatable bonds is 9. The minimum Gasteiger partial charge on any atom is -0.445 e. The van der Waals surface area contributed by atoms with E-state index in [1.807, 2.05) is 48.5 Å². The maximum atomic E-state index is 13.1. The molecule has 1 fully saturated rings. The summed E-state index contributed by atoms with van der Waals surface area (Å²) in [5.41, 5.74) is 1.28. The van der Waals surface area contributed by atoms with Crippen LogP contribution >= 0.6 is 0 Å². The zero-order valence-corrected chi connectivity index (χ0v) is 21.6. The van der Waals surface area contributed by atoms with Crippen LogP contribution in [0.5, 0.6) is 0 Å². The Morgan fingerprint density at radius 1 is 1.11 bits per heavy atom. The second-order valence-corrected chi connectivity index (χ2v) is 10.8. The first-order valence-electron chi connectivity index (χ1n) is 12.3. The summed E-state index contributed by atoms with van der Waals surface area (Å²) in [6, 6.07) is 17.6. The lowest BCUT2D eigenvalue weighted by Crippen LogP contribution is -2.50. The monoisotopic (exact) mass is 510 g/mol. The van der Waals surface area contributed by atoms with Crippen LogP contribution in [0.15, 0.2) is 59.5 Å². The van der Waals surface area contributed by atoms with Gasteiger partial charge in [-0.3, -0.25) is 4.79 Å². The molecule has 36 heavy (non-hydrogen) atoms. The molecule has 0 spiro atoms. The Morgan fingerprint density at radius 2 is 1.83 bits per heavy atom. The number of nitriles is 1. The van der Waals surface area contributed by atoms with Gasteiger partial charge in [-0.2, -0.15) is 5.26 Å². The summed E-state index contributed by atoms with van der Waals surface area (Å²) in [6.45, 7) is 5.26. The largest absolute Gasteiger partial charge is 0.445 e. The molecule has 0 bridgehead atoms. The number of amides is 2. The molecule has 1 heterocycles. The molecule has 1 aliphatic rings. The van der Waals surface area contributed by atoms with Gasteiger partial charge in [-0.05, 0) is 49.3 Å². The SMILES string of the molecule is CC(C)CC(NC(=O)OCc1ccccc1)C(=O)NC1CCCN(S(=O)c2ccccc2C#N)CC1. The highest BCUT2D eigenvalue weighted by atomic mass is 32.2. The average Bonchev–Trinajstić information content (AvgIpc) is 3.12. The third kappa shape index (κ3) is 8.18. The first kappa shape index (κ1) is 27.4. The fraction of sp³-hybridized carbons (Fsp3) is 0.444. The van der Waals surface area contributed by atoms with Crippen molar-refractivity contribution in [3.63, 3.8) is 0 Å². The number of benzene rings is 2. The maximum Gasteiger partial charge on any atom is 0.408 e. The quantitative estimate of drug-likeness (QED) is 0.532. The van der Waals surface area contributed by atoms with E-state index in [4.69, 9.17) is 4.74 Å². The highest BCUT2D eigenvalue weighted by Crippen LogP contribution is 2.20. The van der Waals surface area contributed by atoms with Crippen molar-refractivity contribution in [3.05, 3.63) is 65.7 Å². The van der Waals surface area contributed by atoms with E-state index in [2.05, 4.69) is 16.7 Å². The summed E-state index contributed by atoms with van der Waals surface area (Å²) in [6.07, 6.45) is 1.98. The molecule has 192 valence electrons. The van der Waals surface area contributed by atoms with E-state index >= 15 is 0 Å². The summed E-state index contributed by atoms with van der Waals surface area (Å²) in [4.78, 5) is 26.0. The molecule has 9 heteroatoms. The number of carbonyl (C=O) groups is 2.